The third-order valence-corrected chi connectivity index (χ3v) is 4.02. The molecule has 3 rings (SSSR count). The van der Waals surface area contributed by atoms with Gasteiger partial charge in [-0.15, -0.1) is 6.58 Å². The summed E-state index contributed by atoms with van der Waals surface area (Å²) in [6.45, 7) is 8.01. The van der Waals surface area contributed by atoms with Crippen molar-refractivity contribution in [3.05, 3.63) is 64.0 Å². The van der Waals surface area contributed by atoms with E-state index in [1.807, 2.05) is 19.9 Å². The molecule has 0 atom stereocenters. The second-order valence-electron chi connectivity index (χ2n) is 5.74. The number of amides is 1. The molecule has 3 heterocycles. The summed E-state index contributed by atoms with van der Waals surface area (Å²) in [5, 5.41) is 11.3. The molecule has 1 amide bonds. The third-order valence-electron chi connectivity index (χ3n) is 4.02. The Bertz CT molecular complexity index is 1120. The summed E-state index contributed by atoms with van der Waals surface area (Å²) in [5.74, 6) is -0.414. The minimum absolute atomic E-state index is 0.0277. The van der Waals surface area contributed by atoms with Crippen LogP contribution in [0.15, 0.2) is 41.8 Å². The van der Waals surface area contributed by atoms with Crippen molar-refractivity contribution >= 4 is 22.6 Å². The Labute approximate surface area is 143 Å². The molecule has 0 aliphatic rings. The predicted molar refractivity (Wildman–Crippen MR) is 95.8 cm³/mol. The van der Waals surface area contributed by atoms with Gasteiger partial charge in [0, 0.05) is 19.3 Å². The van der Waals surface area contributed by atoms with Crippen LogP contribution < -0.4 is 16.4 Å². The summed E-state index contributed by atoms with van der Waals surface area (Å²) in [4.78, 5) is 29.8. The highest BCUT2D eigenvalue weighted by atomic mass is 16.1. The lowest BCUT2D eigenvalue weighted by molar-refractivity contribution is 0.0955. The Morgan fingerprint density at radius 3 is 2.88 bits per heavy atom. The van der Waals surface area contributed by atoms with E-state index in [1.165, 1.54) is 10.5 Å². The van der Waals surface area contributed by atoms with Crippen LogP contribution in [0.1, 0.15) is 22.8 Å². The second-order valence-corrected chi connectivity index (χ2v) is 5.74. The molecule has 128 valence electrons. The van der Waals surface area contributed by atoms with Crippen LogP contribution >= 0.6 is 0 Å². The van der Waals surface area contributed by atoms with Crippen molar-refractivity contribution in [2.75, 3.05) is 6.54 Å². The Morgan fingerprint density at radius 1 is 1.44 bits per heavy atom. The van der Waals surface area contributed by atoms with E-state index in [0.717, 1.165) is 5.56 Å². The molecule has 0 bridgehead atoms. The molecule has 0 fully saturated rings. The van der Waals surface area contributed by atoms with Gasteiger partial charge >= 0.3 is 0 Å². The molecular weight excluding hydrogens is 318 g/mol. The van der Waals surface area contributed by atoms with E-state index < -0.39 is 5.91 Å². The van der Waals surface area contributed by atoms with Gasteiger partial charge in [0.2, 0.25) is 0 Å². The van der Waals surface area contributed by atoms with Crippen LogP contribution in [-0.2, 0) is 6.54 Å². The van der Waals surface area contributed by atoms with E-state index in [9.17, 15) is 9.59 Å². The molecule has 7 heteroatoms. The lowest BCUT2D eigenvalue weighted by atomic mass is 10.2. The van der Waals surface area contributed by atoms with Gasteiger partial charge in [-0.25, -0.2) is 4.98 Å². The number of hydrogen-bond acceptors (Lipinski definition) is 4. The number of hydrogen-bond donors (Lipinski definition) is 2. The molecule has 0 radical (unpaired) electrons. The average Bonchev–Trinajstić information content (AvgIpc) is 2.60. The molecule has 0 aliphatic carbocycles. The van der Waals surface area contributed by atoms with Gasteiger partial charge in [-0.3, -0.25) is 19.4 Å². The number of aromatic nitrogens is 3. The first-order chi connectivity index (χ1) is 12.0. The summed E-state index contributed by atoms with van der Waals surface area (Å²) in [6.07, 6.45) is 3.27. The number of pyridine rings is 2. The zero-order valence-electron chi connectivity index (χ0n) is 14.2. The molecule has 0 unspecified atom stereocenters. The van der Waals surface area contributed by atoms with E-state index in [0.29, 0.717) is 23.2 Å². The van der Waals surface area contributed by atoms with E-state index >= 15 is 0 Å². The first kappa shape index (κ1) is 16.6. The summed E-state index contributed by atoms with van der Waals surface area (Å²) >= 11 is 0. The maximum absolute atomic E-state index is 12.9. The number of rotatable bonds is 4. The topological polar surface area (TPSA) is 92.2 Å². The number of aryl methyl sites for hydroxylation is 2. The third kappa shape index (κ3) is 2.73. The van der Waals surface area contributed by atoms with Gasteiger partial charge in [-0.05, 0) is 31.5 Å². The quantitative estimate of drug-likeness (QED) is 0.556. The first-order valence-electron chi connectivity index (χ1n) is 7.98. The molecule has 0 saturated heterocycles. The largest absolute Gasteiger partial charge is 0.348 e. The smallest absolute Gasteiger partial charge is 0.267 e. The van der Waals surface area contributed by atoms with Gasteiger partial charge < -0.3 is 9.88 Å². The molecule has 2 N–H and O–H groups in total. The molecule has 7 nitrogen and oxygen atoms in total. The van der Waals surface area contributed by atoms with Crippen LogP contribution in [0.4, 0.5) is 0 Å². The molecule has 0 aliphatic heterocycles. The Morgan fingerprint density at radius 2 is 2.20 bits per heavy atom. The maximum atomic E-state index is 12.9. The van der Waals surface area contributed by atoms with Gasteiger partial charge in [-0.2, -0.15) is 0 Å². The standard InChI is InChI=1S/C18H19N5O2/c1-4-8-20-17(24)12-9-13-16(22(5-2)15(12)19)21-14-7-6-11(3)10-23(14)18(13)25/h4,6-7,9-10,19H,1,5,8H2,2-3H3,(H,20,24). The fourth-order valence-electron chi connectivity index (χ4n) is 2.78. The summed E-state index contributed by atoms with van der Waals surface area (Å²) in [7, 11) is 0. The minimum Gasteiger partial charge on any atom is -0.348 e. The fraction of sp³-hybridized carbons (Fsp3) is 0.222. The van der Waals surface area contributed by atoms with Crippen molar-refractivity contribution in [2.45, 2.75) is 20.4 Å². The molecular formula is C18H19N5O2. The van der Waals surface area contributed by atoms with Crippen LogP contribution in [0.3, 0.4) is 0 Å². The molecule has 25 heavy (non-hydrogen) atoms. The SMILES string of the molecule is C=CCNC(=O)c1cc2c(=O)n3cc(C)ccc3nc2n(CC)c1=N. The lowest BCUT2D eigenvalue weighted by Crippen LogP contribution is -2.34. The maximum Gasteiger partial charge on any atom is 0.267 e. The monoisotopic (exact) mass is 337 g/mol. The van der Waals surface area contributed by atoms with Gasteiger partial charge in [0.25, 0.3) is 11.5 Å². The average molecular weight is 337 g/mol. The Hall–Kier alpha value is -3.22. The number of nitrogens with zero attached hydrogens (tertiary/aromatic N) is 3. The molecule has 3 aromatic rings. The molecule has 0 saturated carbocycles. The van der Waals surface area contributed by atoms with E-state index in [4.69, 9.17) is 5.41 Å². The number of nitrogens with one attached hydrogen (secondary N) is 2. The number of carbonyl (C=O) groups excluding carboxylic acids is 1. The highest BCUT2D eigenvalue weighted by Gasteiger charge is 2.16. The zero-order chi connectivity index (χ0) is 18.1. The van der Waals surface area contributed by atoms with E-state index in [1.54, 1.807) is 22.9 Å². The number of carbonyl (C=O) groups is 1. The van der Waals surface area contributed by atoms with Crippen molar-refractivity contribution in [3.8, 4) is 0 Å². The van der Waals surface area contributed by atoms with Gasteiger partial charge in [0.05, 0.1) is 10.9 Å². The highest BCUT2D eigenvalue weighted by Crippen LogP contribution is 2.11. The molecule has 0 aromatic carbocycles. The minimum atomic E-state index is -0.414. The van der Waals surface area contributed by atoms with Crippen LogP contribution in [0.2, 0.25) is 0 Å². The Balaban J connectivity index is 2.40. The van der Waals surface area contributed by atoms with Gasteiger partial charge in [-0.1, -0.05) is 12.1 Å². The Kier molecular flexibility index (Phi) is 4.22. The fourth-order valence-corrected chi connectivity index (χ4v) is 2.78. The van der Waals surface area contributed by atoms with Crippen LogP contribution in [0.25, 0.3) is 16.7 Å². The van der Waals surface area contributed by atoms with Crippen molar-refractivity contribution in [1.29, 1.82) is 5.41 Å². The summed E-state index contributed by atoms with van der Waals surface area (Å²) in [5.41, 5.74) is 1.75. The first-order valence-corrected chi connectivity index (χ1v) is 7.98. The van der Waals surface area contributed by atoms with E-state index in [2.05, 4.69) is 16.9 Å². The van der Waals surface area contributed by atoms with Crippen LogP contribution in [0, 0.1) is 12.3 Å². The van der Waals surface area contributed by atoms with Crippen molar-refractivity contribution < 1.29 is 4.79 Å². The van der Waals surface area contributed by atoms with Gasteiger partial charge in [0.1, 0.15) is 16.8 Å². The summed E-state index contributed by atoms with van der Waals surface area (Å²) in [6, 6.07) is 5.10. The lowest BCUT2D eigenvalue weighted by Gasteiger charge is -2.13. The van der Waals surface area contributed by atoms with Crippen LogP contribution in [0.5, 0.6) is 0 Å². The summed E-state index contributed by atoms with van der Waals surface area (Å²) < 4.78 is 3.03. The normalized spacial score (nSPS) is 11.0. The second kappa shape index (κ2) is 6.35. The van der Waals surface area contributed by atoms with Gasteiger partial charge in [0.15, 0.2) is 0 Å². The molecule has 0 spiro atoms. The van der Waals surface area contributed by atoms with E-state index in [-0.39, 0.29) is 23.2 Å². The van der Waals surface area contributed by atoms with Crippen molar-refractivity contribution in [1.82, 2.24) is 19.3 Å². The number of fused-ring (bicyclic) bond motifs is 2. The molecule has 3 aromatic heterocycles. The van der Waals surface area contributed by atoms with Crippen molar-refractivity contribution in [3.63, 3.8) is 0 Å². The van der Waals surface area contributed by atoms with Crippen LogP contribution in [-0.4, -0.2) is 26.4 Å². The predicted octanol–water partition coefficient (Wildman–Crippen LogP) is 1.37. The van der Waals surface area contributed by atoms with Crippen molar-refractivity contribution in [2.24, 2.45) is 0 Å². The highest BCUT2D eigenvalue weighted by molar-refractivity contribution is 5.96. The zero-order valence-corrected chi connectivity index (χ0v) is 14.2.